The van der Waals surface area contributed by atoms with Crippen LogP contribution >= 0.6 is 0 Å². The van der Waals surface area contributed by atoms with Crippen LogP contribution in [0.1, 0.15) is 27.2 Å². The van der Waals surface area contributed by atoms with Crippen LogP contribution in [0.4, 0.5) is 4.79 Å². The Bertz CT molecular complexity index is 378. The maximum atomic E-state index is 12.4. The van der Waals surface area contributed by atoms with Crippen molar-refractivity contribution in [3.8, 4) is 0 Å². The van der Waals surface area contributed by atoms with E-state index < -0.39 is 5.97 Å². The molecule has 0 saturated carbocycles. The lowest BCUT2D eigenvalue weighted by Crippen LogP contribution is -2.56. The zero-order valence-electron chi connectivity index (χ0n) is 12.3. The molecule has 0 aromatic rings. The van der Waals surface area contributed by atoms with Crippen LogP contribution in [-0.4, -0.2) is 76.5 Å². The van der Waals surface area contributed by atoms with E-state index in [2.05, 4.69) is 0 Å². The maximum Gasteiger partial charge on any atom is 0.323 e. The lowest BCUT2D eigenvalue weighted by atomic mass is 10.2. The van der Waals surface area contributed by atoms with Crippen LogP contribution in [-0.2, 0) is 9.59 Å². The van der Waals surface area contributed by atoms with Crippen molar-refractivity contribution in [2.45, 2.75) is 33.2 Å². The van der Waals surface area contributed by atoms with Gasteiger partial charge in [-0.05, 0) is 13.3 Å². The van der Waals surface area contributed by atoms with Gasteiger partial charge in [0.05, 0.1) is 0 Å². The van der Waals surface area contributed by atoms with E-state index in [1.807, 2.05) is 13.8 Å². The van der Waals surface area contributed by atoms with Crippen LogP contribution in [0, 0.1) is 0 Å². The largest absolute Gasteiger partial charge is 0.480 e. The van der Waals surface area contributed by atoms with Crippen molar-refractivity contribution < 1.29 is 19.5 Å². The van der Waals surface area contributed by atoms with Crippen molar-refractivity contribution >= 4 is 17.9 Å². The van der Waals surface area contributed by atoms with Crippen LogP contribution in [0.25, 0.3) is 0 Å². The highest BCUT2D eigenvalue weighted by Gasteiger charge is 2.29. The quantitative estimate of drug-likeness (QED) is 0.813. The van der Waals surface area contributed by atoms with Gasteiger partial charge < -0.3 is 19.8 Å². The fourth-order valence-corrected chi connectivity index (χ4v) is 2.17. The van der Waals surface area contributed by atoms with E-state index in [1.54, 1.807) is 9.80 Å². The van der Waals surface area contributed by atoms with Gasteiger partial charge in [-0.15, -0.1) is 0 Å². The van der Waals surface area contributed by atoms with Gasteiger partial charge in [-0.3, -0.25) is 9.59 Å². The molecule has 7 nitrogen and oxygen atoms in total. The van der Waals surface area contributed by atoms with Gasteiger partial charge in [0, 0.05) is 39.1 Å². The van der Waals surface area contributed by atoms with Crippen molar-refractivity contribution in [3.63, 3.8) is 0 Å². The van der Waals surface area contributed by atoms with E-state index in [-0.39, 0.29) is 24.5 Å². The highest BCUT2D eigenvalue weighted by atomic mass is 16.4. The van der Waals surface area contributed by atoms with Gasteiger partial charge in [0.15, 0.2) is 0 Å². The molecule has 114 valence electrons. The molecule has 1 heterocycles. The van der Waals surface area contributed by atoms with Gasteiger partial charge in [0.2, 0.25) is 5.91 Å². The predicted octanol–water partition coefficient (Wildman–Crippen LogP) is 0.456. The van der Waals surface area contributed by atoms with E-state index in [0.29, 0.717) is 32.6 Å². The minimum atomic E-state index is -1.01. The first-order valence-corrected chi connectivity index (χ1v) is 6.89. The topological polar surface area (TPSA) is 81.2 Å². The van der Waals surface area contributed by atoms with Crippen molar-refractivity contribution in [1.82, 2.24) is 14.7 Å². The summed E-state index contributed by atoms with van der Waals surface area (Å²) in [6.07, 6.45) is 0.701. The van der Waals surface area contributed by atoms with E-state index in [0.717, 1.165) is 0 Å². The second kappa shape index (κ2) is 7.12. The summed E-state index contributed by atoms with van der Waals surface area (Å²) < 4.78 is 0. The van der Waals surface area contributed by atoms with E-state index >= 15 is 0 Å². The number of hydrogen-bond donors (Lipinski definition) is 1. The number of carbonyl (C=O) groups is 3. The molecule has 0 radical (unpaired) electrons. The van der Waals surface area contributed by atoms with Crippen molar-refractivity contribution in [2.24, 2.45) is 0 Å². The van der Waals surface area contributed by atoms with Crippen molar-refractivity contribution in [2.75, 3.05) is 32.7 Å². The van der Waals surface area contributed by atoms with Gasteiger partial charge in [0.1, 0.15) is 6.54 Å². The summed E-state index contributed by atoms with van der Waals surface area (Å²) in [5.41, 5.74) is 0. The van der Waals surface area contributed by atoms with Gasteiger partial charge in [-0.2, -0.15) is 0 Å². The average molecular weight is 285 g/mol. The summed E-state index contributed by atoms with van der Waals surface area (Å²) in [6, 6.07) is -0.380. The van der Waals surface area contributed by atoms with Crippen LogP contribution in [0.5, 0.6) is 0 Å². The standard InChI is InChI=1S/C13H23N3O4/c1-4-10(2)16(9-12(18)19)13(20)15-7-5-14(6-8-15)11(3)17/h10H,4-9H2,1-3H3,(H,18,19). The van der Waals surface area contributed by atoms with E-state index in [4.69, 9.17) is 5.11 Å². The van der Waals surface area contributed by atoms with Crippen molar-refractivity contribution in [1.29, 1.82) is 0 Å². The molecule has 1 rings (SSSR count). The molecule has 1 N–H and O–H groups in total. The molecule has 0 aromatic carbocycles. The molecular weight excluding hydrogens is 262 g/mol. The number of urea groups is 1. The van der Waals surface area contributed by atoms with Crippen LogP contribution in [0.15, 0.2) is 0 Å². The molecule has 20 heavy (non-hydrogen) atoms. The molecule has 1 atom stereocenters. The summed E-state index contributed by atoms with van der Waals surface area (Å²) in [6.45, 7) is 6.88. The molecule has 1 aliphatic rings. The first kappa shape index (κ1) is 16.3. The minimum Gasteiger partial charge on any atom is -0.480 e. The third-order valence-electron chi connectivity index (χ3n) is 3.67. The van der Waals surface area contributed by atoms with Crippen LogP contribution < -0.4 is 0 Å². The van der Waals surface area contributed by atoms with Crippen LogP contribution in [0.2, 0.25) is 0 Å². The number of rotatable bonds is 4. The van der Waals surface area contributed by atoms with Crippen molar-refractivity contribution in [3.05, 3.63) is 0 Å². The normalized spacial score (nSPS) is 16.8. The molecule has 7 heteroatoms. The van der Waals surface area contributed by atoms with Gasteiger partial charge in [-0.1, -0.05) is 6.92 Å². The van der Waals surface area contributed by atoms with Crippen LogP contribution in [0.3, 0.4) is 0 Å². The lowest BCUT2D eigenvalue weighted by molar-refractivity contribution is -0.138. The minimum absolute atomic E-state index is 0.00131. The maximum absolute atomic E-state index is 12.4. The number of aliphatic carboxylic acids is 1. The molecule has 1 fully saturated rings. The Morgan fingerprint density at radius 2 is 1.65 bits per heavy atom. The molecule has 3 amide bonds. The SMILES string of the molecule is CCC(C)N(CC(=O)O)C(=O)N1CCN(C(C)=O)CC1. The number of carboxylic acid groups (broad SMARTS) is 1. The van der Waals surface area contributed by atoms with Gasteiger partial charge >= 0.3 is 12.0 Å². The summed E-state index contributed by atoms with van der Waals surface area (Å²) >= 11 is 0. The molecule has 0 bridgehead atoms. The third kappa shape index (κ3) is 4.11. The Labute approximate surface area is 119 Å². The Morgan fingerprint density at radius 1 is 1.15 bits per heavy atom. The number of hydrogen-bond acceptors (Lipinski definition) is 3. The molecule has 1 aliphatic heterocycles. The average Bonchev–Trinajstić information content (AvgIpc) is 2.43. The first-order chi connectivity index (χ1) is 9.36. The Kier molecular flexibility index (Phi) is 5.79. The molecule has 0 spiro atoms. The second-order valence-corrected chi connectivity index (χ2v) is 5.05. The fourth-order valence-electron chi connectivity index (χ4n) is 2.17. The van der Waals surface area contributed by atoms with Gasteiger partial charge in [-0.25, -0.2) is 4.79 Å². The third-order valence-corrected chi connectivity index (χ3v) is 3.67. The predicted molar refractivity (Wildman–Crippen MR) is 73.3 cm³/mol. The lowest BCUT2D eigenvalue weighted by Gasteiger charge is -2.38. The number of amides is 3. The monoisotopic (exact) mass is 285 g/mol. The molecule has 0 aromatic heterocycles. The van der Waals surface area contributed by atoms with E-state index in [1.165, 1.54) is 11.8 Å². The highest BCUT2D eigenvalue weighted by Crippen LogP contribution is 2.11. The number of carbonyl (C=O) groups excluding carboxylic acids is 2. The molecule has 1 unspecified atom stereocenters. The fraction of sp³-hybridized carbons (Fsp3) is 0.769. The Morgan fingerprint density at radius 3 is 2.05 bits per heavy atom. The zero-order chi connectivity index (χ0) is 15.3. The zero-order valence-corrected chi connectivity index (χ0v) is 12.3. The van der Waals surface area contributed by atoms with Gasteiger partial charge in [0.25, 0.3) is 0 Å². The molecule has 1 saturated heterocycles. The Hall–Kier alpha value is -1.79. The Balaban J connectivity index is 2.66. The smallest absolute Gasteiger partial charge is 0.323 e. The second-order valence-electron chi connectivity index (χ2n) is 5.05. The molecule has 0 aliphatic carbocycles. The first-order valence-electron chi connectivity index (χ1n) is 6.89. The number of piperazine rings is 1. The summed E-state index contributed by atoms with van der Waals surface area (Å²) in [5, 5.41) is 8.93. The highest BCUT2D eigenvalue weighted by molar-refractivity contribution is 5.81. The summed E-state index contributed by atoms with van der Waals surface area (Å²) in [4.78, 5) is 39.2. The number of carboxylic acids is 1. The van der Waals surface area contributed by atoms with E-state index in [9.17, 15) is 14.4 Å². The molecular formula is C13H23N3O4. The number of nitrogens with zero attached hydrogens (tertiary/aromatic N) is 3. The summed E-state index contributed by atoms with van der Waals surface area (Å²) in [5.74, 6) is -1.01. The summed E-state index contributed by atoms with van der Waals surface area (Å²) in [7, 11) is 0.